The van der Waals surface area contributed by atoms with Crippen LogP contribution in [0.2, 0.25) is 0 Å². The molecule has 3 aromatic rings. The third-order valence-corrected chi connectivity index (χ3v) is 7.05. The SMILES string of the molecule is CSc1cccc2sc(N(CCN(C)C)C(=O)c3ccc(Br)s3)nc12.Cl. The molecule has 0 radical (unpaired) electrons. The summed E-state index contributed by atoms with van der Waals surface area (Å²) in [6.07, 6.45) is 2.05. The van der Waals surface area contributed by atoms with Crippen LogP contribution in [0.4, 0.5) is 5.13 Å². The van der Waals surface area contributed by atoms with Crippen molar-refractivity contribution in [3.05, 3.63) is 39.0 Å². The Kier molecular flexibility index (Phi) is 7.93. The highest BCUT2D eigenvalue weighted by molar-refractivity contribution is 9.11. The molecule has 0 saturated carbocycles. The van der Waals surface area contributed by atoms with Gasteiger partial charge in [0.15, 0.2) is 5.13 Å². The normalized spacial score (nSPS) is 11.0. The van der Waals surface area contributed by atoms with Gasteiger partial charge < -0.3 is 4.90 Å². The Morgan fingerprint density at radius 2 is 1.96 bits per heavy atom. The number of carbonyl (C=O) groups is 1. The summed E-state index contributed by atoms with van der Waals surface area (Å²) in [4.78, 5) is 23.6. The molecule has 0 bridgehead atoms. The molecule has 0 N–H and O–H groups in total. The van der Waals surface area contributed by atoms with E-state index in [4.69, 9.17) is 4.98 Å². The fraction of sp³-hybridized carbons (Fsp3) is 0.294. The van der Waals surface area contributed by atoms with Crippen LogP contribution < -0.4 is 4.90 Å². The Morgan fingerprint density at radius 3 is 2.58 bits per heavy atom. The van der Waals surface area contributed by atoms with E-state index >= 15 is 0 Å². The Balaban J connectivity index is 0.00000243. The number of aromatic nitrogens is 1. The molecule has 2 heterocycles. The number of nitrogens with zero attached hydrogens (tertiary/aromatic N) is 3. The van der Waals surface area contributed by atoms with Crippen molar-refractivity contribution in [2.75, 3.05) is 38.3 Å². The van der Waals surface area contributed by atoms with Gasteiger partial charge in [0.25, 0.3) is 5.91 Å². The summed E-state index contributed by atoms with van der Waals surface area (Å²) >= 11 is 8.14. The molecule has 0 aliphatic rings. The highest BCUT2D eigenvalue weighted by Gasteiger charge is 2.23. The van der Waals surface area contributed by atoms with E-state index in [0.29, 0.717) is 6.54 Å². The summed E-state index contributed by atoms with van der Waals surface area (Å²) < 4.78 is 2.06. The first-order valence-electron chi connectivity index (χ1n) is 7.65. The average molecular weight is 493 g/mol. The molecule has 26 heavy (non-hydrogen) atoms. The number of thiophene rings is 1. The number of likely N-dealkylation sites (N-methyl/N-ethyl adjacent to an activating group) is 1. The second-order valence-corrected chi connectivity index (χ2v) is 9.99. The highest BCUT2D eigenvalue weighted by atomic mass is 79.9. The number of anilines is 1. The standard InChI is InChI=1S/C17H18BrN3OS3.ClH/c1-20(2)9-10-21(16(22)13-7-8-14(18)24-13)17-19-15-11(23-3)5-4-6-12(15)25-17;/h4-8H,9-10H2,1-3H3;1H. The van der Waals surface area contributed by atoms with Gasteiger partial charge in [-0.1, -0.05) is 17.4 Å². The fourth-order valence-corrected chi connectivity index (χ4v) is 5.32. The van der Waals surface area contributed by atoms with Crippen molar-refractivity contribution >= 4 is 84.0 Å². The number of para-hydroxylation sites is 1. The molecule has 3 rings (SSSR count). The minimum atomic E-state index is 0. The van der Waals surface area contributed by atoms with Crippen LogP contribution in [-0.2, 0) is 0 Å². The molecule has 0 fully saturated rings. The van der Waals surface area contributed by atoms with Crippen molar-refractivity contribution in [3.63, 3.8) is 0 Å². The van der Waals surface area contributed by atoms with Crippen LogP contribution in [0.1, 0.15) is 9.67 Å². The molecule has 2 aromatic heterocycles. The smallest absolute Gasteiger partial charge is 0.270 e. The number of hydrogen-bond acceptors (Lipinski definition) is 6. The molecule has 0 aliphatic carbocycles. The number of hydrogen-bond donors (Lipinski definition) is 0. The van der Waals surface area contributed by atoms with Crippen LogP contribution in [0.15, 0.2) is 39.0 Å². The van der Waals surface area contributed by atoms with Gasteiger partial charge in [0.2, 0.25) is 0 Å². The molecule has 0 saturated heterocycles. The molecule has 0 unspecified atom stereocenters. The number of amides is 1. The van der Waals surface area contributed by atoms with E-state index in [9.17, 15) is 4.79 Å². The third-order valence-electron chi connectivity index (χ3n) is 3.62. The number of carbonyl (C=O) groups excluding carboxylic acids is 1. The first-order valence-corrected chi connectivity index (χ1v) is 11.3. The van der Waals surface area contributed by atoms with Gasteiger partial charge in [0.05, 0.1) is 18.9 Å². The second kappa shape index (κ2) is 9.52. The van der Waals surface area contributed by atoms with Gasteiger partial charge in [-0.15, -0.1) is 35.5 Å². The maximum Gasteiger partial charge on any atom is 0.270 e. The molecule has 1 amide bonds. The maximum absolute atomic E-state index is 13.1. The zero-order valence-electron chi connectivity index (χ0n) is 14.6. The van der Waals surface area contributed by atoms with Crippen LogP contribution in [0, 0.1) is 0 Å². The van der Waals surface area contributed by atoms with E-state index in [0.717, 1.165) is 35.5 Å². The molecule has 4 nitrogen and oxygen atoms in total. The van der Waals surface area contributed by atoms with Gasteiger partial charge in [0.1, 0.15) is 0 Å². The van der Waals surface area contributed by atoms with Crippen molar-refractivity contribution in [1.82, 2.24) is 9.88 Å². The number of halogens is 2. The van der Waals surface area contributed by atoms with Crippen molar-refractivity contribution in [3.8, 4) is 0 Å². The zero-order valence-corrected chi connectivity index (χ0v) is 19.4. The van der Waals surface area contributed by atoms with Gasteiger partial charge in [-0.25, -0.2) is 4.98 Å². The number of fused-ring (bicyclic) bond motifs is 1. The van der Waals surface area contributed by atoms with Gasteiger partial charge in [-0.05, 0) is 60.5 Å². The summed E-state index contributed by atoms with van der Waals surface area (Å²) in [6, 6.07) is 9.94. The van der Waals surface area contributed by atoms with Crippen LogP contribution >= 0.6 is 62.8 Å². The van der Waals surface area contributed by atoms with Crippen molar-refractivity contribution in [1.29, 1.82) is 0 Å². The molecular weight excluding hydrogens is 474 g/mol. The summed E-state index contributed by atoms with van der Waals surface area (Å²) in [7, 11) is 4.02. The zero-order chi connectivity index (χ0) is 18.0. The number of rotatable bonds is 6. The van der Waals surface area contributed by atoms with E-state index in [2.05, 4.69) is 33.0 Å². The quantitative estimate of drug-likeness (QED) is 0.427. The van der Waals surface area contributed by atoms with E-state index in [1.54, 1.807) is 28.0 Å². The molecule has 0 spiro atoms. The molecule has 0 atom stereocenters. The lowest BCUT2D eigenvalue weighted by atomic mass is 10.3. The van der Waals surface area contributed by atoms with Gasteiger partial charge in [0, 0.05) is 18.0 Å². The first-order chi connectivity index (χ1) is 12.0. The lowest BCUT2D eigenvalue weighted by Crippen LogP contribution is -2.36. The monoisotopic (exact) mass is 491 g/mol. The van der Waals surface area contributed by atoms with Gasteiger partial charge >= 0.3 is 0 Å². The first kappa shape index (κ1) is 21.7. The Labute approximate surface area is 180 Å². The van der Waals surface area contributed by atoms with Crippen LogP contribution in [-0.4, -0.2) is 49.2 Å². The number of thiazole rings is 1. The third kappa shape index (κ3) is 4.79. The largest absolute Gasteiger partial charge is 0.308 e. The fourth-order valence-electron chi connectivity index (χ4n) is 2.34. The number of benzene rings is 1. The van der Waals surface area contributed by atoms with Crippen molar-refractivity contribution < 1.29 is 4.79 Å². The van der Waals surface area contributed by atoms with Crippen LogP contribution in [0.3, 0.4) is 0 Å². The maximum atomic E-state index is 13.1. The lowest BCUT2D eigenvalue weighted by Gasteiger charge is -2.21. The molecule has 0 aliphatic heterocycles. The van der Waals surface area contributed by atoms with Gasteiger partial charge in [-0.2, -0.15) is 0 Å². The Morgan fingerprint density at radius 1 is 1.19 bits per heavy atom. The van der Waals surface area contributed by atoms with Crippen molar-refractivity contribution in [2.45, 2.75) is 4.90 Å². The molecular formula is C17H19BrClN3OS3. The summed E-state index contributed by atoms with van der Waals surface area (Å²) in [5, 5.41) is 0.757. The topological polar surface area (TPSA) is 36.4 Å². The molecule has 9 heteroatoms. The van der Waals surface area contributed by atoms with E-state index in [1.165, 1.54) is 11.3 Å². The summed E-state index contributed by atoms with van der Waals surface area (Å²) in [5.41, 5.74) is 0.977. The average Bonchev–Trinajstić information content (AvgIpc) is 3.20. The second-order valence-electron chi connectivity index (χ2n) is 5.67. The van der Waals surface area contributed by atoms with Crippen LogP contribution in [0.5, 0.6) is 0 Å². The van der Waals surface area contributed by atoms with Gasteiger partial charge in [-0.3, -0.25) is 9.69 Å². The summed E-state index contributed by atoms with van der Waals surface area (Å²) in [6.45, 7) is 1.39. The minimum absolute atomic E-state index is 0. The Hall–Kier alpha value is -0.640. The lowest BCUT2D eigenvalue weighted by molar-refractivity contribution is 0.0989. The molecule has 140 valence electrons. The predicted molar refractivity (Wildman–Crippen MR) is 121 cm³/mol. The van der Waals surface area contributed by atoms with E-state index in [-0.39, 0.29) is 18.3 Å². The predicted octanol–water partition coefficient (Wildman–Crippen LogP) is 5.47. The minimum Gasteiger partial charge on any atom is -0.308 e. The van der Waals surface area contributed by atoms with E-state index in [1.807, 2.05) is 38.6 Å². The van der Waals surface area contributed by atoms with E-state index < -0.39 is 0 Å². The Bertz CT molecular complexity index is 896. The highest BCUT2D eigenvalue weighted by Crippen LogP contribution is 2.35. The summed E-state index contributed by atoms with van der Waals surface area (Å²) in [5.74, 6) is 0.00214. The number of thioether (sulfide) groups is 1. The van der Waals surface area contributed by atoms with Crippen molar-refractivity contribution in [2.24, 2.45) is 0 Å². The van der Waals surface area contributed by atoms with Crippen LogP contribution in [0.25, 0.3) is 10.2 Å². The molecule has 1 aromatic carbocycles.